The Hall–Kier alpha value is -1.42. The van der Waals surface area contributed by atoms with Gasteiger partial charge >= 0.3 is 0 Å². The molecular formula is C24H28Cl2FN3O2S2. The van der Waals surface area contributed by atoms with Crippen molar-refractivity contribution >= 4 is 68.4 Å². The molecule has 0 saturated carbocycles. The summed E-state index contributed by atoms with van der Waals surface area (Å²) < 4.78 is 19.8. The van der Waals surface area contributed by atoms with Crippen LogP contribution in [0, 0.1) is 5.82 Å². The number of nitrogens with zero attached hydrogens (tertiary/aromatic N) is 3. The summed E-state index contributed by atoms with van der Waals surface area (Å²) in [4.78, 5) is 23.1. The van der Waals surface area contributed by atoms with Crippen LogP contribution in [0.15, 0.2) is 47.4 Å². The molecule has 0 unspecified atom stereocenters. The van der Waals surface area contributed by atoms with Crippen molar-refractivity contribution in [2.45, 2.75) is 24.2 Å². The van der Waals surface area contributed by atoms with Gasteiger partial charge < -0.3 is 4.74 Å². The van der Waals surface area contributed by atoms with Crippen LogP contribution < -0.4 is 4.90 Å². The lowest BCUT2D eigenvalue weighted by molar-refractivity contribution is -0.118. The van der Waals surface area contributed by atoms with E-state index in [9.17, 15) is 9.18 Å². The van der Waals surface area contributed by atoms with Crippen LogP contribution in [0.1, 0.15) is 19.3 Å². The predicted molar refractivity (Wildman–Crippen MR) is 142 cm³/mol. The Labute approximate surface area is 219 Å². The highest BCUT2D eigenvalue weighted by Gasteiger charge is 2.20. The third-order valence-corrected chi connectivity index (χ3v) is 7.84. The molecular weight excluding hydrogens is 516 g/mol. The van der Waals surface area contributed by atoms with Crippen molar-refractivity contribution in [3.05, 3.63) is 53.3 Å². The number of amides is 1. The summed E-state index contributed by atoms with van der Waals surface area (Å²) >= 11 is 9.03. The van der Waals surface area contributed by atoms with E-state index >= 15 is 0 Å². The van der Waals surface area contributed by atoms with Gasteiger partial charge in [-0.15, -0.1) is 24.2 Å². The first-order chi connectivity index (χ1) is 16.1. The third kappa shape index (κ3) is 7.80. The number of morpholine rings is 1. The molecule has 1 aromatic heterocycles. The van der Waals surface area contributed by atoms with Gasteiger partial charge in [0.05, 0.1) is 23.4 Å². The molecule has 0 aliphatic carbocycles. The largest absolute Gasteiger partial charge is 0.379 e. The first kappa shape index (κ1) is 27.2. The van der Waals surface area contributed by atoms with E-state index in [4.69, 9.17) is 16.3 Å². The van der Waals surface area contributed by atoms with Gasteiger partial charge in [-0.05, 0) is 61.1 Å². The summed E-state index contributed by atoms with van der Waals surface area (Å²) in [6, 6.07) is 12.3. The Bertz CT molecular complexity index is 1060. The van der Waals surface area contributed by atoms with Gasteiger partial charge in [0.1, 0.15) is 5.82 Å². The molecule has 2 heterocycles. The zero-order valence-electron chi connectivity index (χ0n) is 18.8. The van der Waals surface area contributed by atoms with E-state index in [1.165, 1.54) is 23.5 Å². The number of carbonyl (C=O) groups excluding carboxylic acids is 1. The number of thioether (sulfide) groups is 1. The van der Waals surface area contributed by atoms with Crippen LogP contribution in [-0.2, 0) is 9.53 Å². The zero-order valence-corrected chi connectivity index (χ0v) is 22.0. The monoisotopic (exact) mass is 543 g/mol. The average Bonchev–Trinajstić information content (AvgIpc) is 3.24. The molecule has 184 valence electrons. The van der Waals surface area contributed by atoms with Crippen molar-refractivity contribution < 1.29 is 13.9 Å². The molecule has 0 bridgehead atoms. The minimum atomic E-state index is -0.290. The second-order valence-electron chi connectivity index (χ2n) is 7.87. The Morgan fingerprint density at radius 1 is 1.18 bits per heavy atom. The molecule has 5 nitrogen and oxygen atoms in total. The molecule has 1 aliphatic heterocycles. The highest BCUT2D eigenvalue weighted by atomic mass is 35.5. The number of hydrogen-bond acceptors (Lipinski definition) is 6. The fourth-order valence-corrected chi connectivity index (χ4v) is 5.70. The van der Waals surface area contributed by atoms with E-state index in [2.05, 4.69) is 9.88 Å². The molecule has 0 atom stereocenters. The van der Waals surface area contributed by atoms with Gasteiger partial charge in [-0.3, -0.25) is 14.6 Å². The van der Waals surface area contributed by atoms with Gasteiger partial charge in [-0.2, -0.15) is 0 Å². The molecule has 1 saturated heterocycles. The Kier molecular flexibility index (Phi) is 10.9. The molecule has 1 aliphatic rings. The molecule has 0 spiro atoms. The third-order valence-electron chi connectivity index (χ3n) is 5.45. The van der Waals surface area contributed by atoms with Gasteiger partial charge in [0.15, 0.2) is 5.13 Å². The van der Waals surface area contributed by atoms with Crippen LogP contribution in [0.3, 0.4) is 0 Å². The predicted octanol–water partition coefficient (Wildman–Crippen LogP) is 6.14. The van der Waals surface area contributed by atoms with Crippen LogP contribution in [0.5, 0.6) is 0 Å². The second kappa shape index (κ2) is 13.6. The number of halogens is 3. The summed E-state index contributed by atoms with van der Waals surface area (Å²) in [5, 5.41) is 1.37. The minimum absolute atomic E-state index is 0. The van der Waals surface area contributed by atoms with Crippen LogP contribution in [0.25, 0.3) is 10.2 Å². The maximum absolute atomic E-state index is 13.7. The molecule has 34 heavy (non-hydrogen) atoms. The van der Waals surface area contributed by atoms with Crippen LogP contribution in [-0.4, -0.2) is 60.9 Å². The van der Waals surface area contributed by atoms with Crippen LogP contribution >= 0.6 is 47.1 Å². The highest BCUT2D eigenvalue weighted by Crippen LogP contribution is 2.30. The molecule has 2 aromatic carbocycles. The quantitative estimate of drug-likeness (QED) is 0.227. The van der Waals surface area contributed by atoms with Crippen LogP contribution in [0.2, 0.25) is 5.02 Å². The summed E-state index contributed by atoms with van der Waals surface area (Å²) in [5.74, 6) is 0.621. The van der Waals surface area contributed by atoms with Crippen molar-refractivity contribution in [2.75, 3.05) is 50.0 Å². The molecule has 1 fully saturated rings. The zero-order chi connectivity index (χ0) is 23.0. The van der Waals surface area contributed by atoms with E-state index in [0.717, 1.165) is 71.6 Å². The van der Waals surface area contributed by atoms with Crippen molar-refractivity contribution in [2.24, 2.45) is 0 Å². The number of benzene rings is 2. The number of ether oxygens (including phenoxy) is 1. The number of hydrogen-bond donors (Lipinski definition) is 0. The summed E-state index contributed by atoms with van der Waals surface area (Å²) in [7, 11) is 0. The van der Waals surface area contributed by atoms with E-state index in [0.29, 0.717) is 18.1 Å². The smallest absolute Gasteiger partial charge is 0.228 e. The molecule has 4 rings (SSSR count). The number of anilines is 1. The highest BCUT2D eigenvalue weighted by molar-refractivity contribution is 7.99. The van der Waals surface area contributed by atoms with Gasteiger partial charge in [-0.25, -0.2) is 9.37 Å². The first-order valence-electron chi connectivity index (χ1n) is 11.1. The molecule has 0 N–H and O–H groups in total. The van der Waals surface area contributed by atoms with Crippen molar-refractivity contribution in [3.63, 3.8) is 0 Å². The van der Waals surface area contributed by atoms with Gasteiger partial charge in [0, 0.05) is 42.5 Å². The Balaban J connectivity index is 0.00000324. The maximum atomic E-state index is 13.7. The molecule has 10 heteroatoms. The van der Waals surface area contributed by atoms with E-state index in [-0.39, 0.29) is 24.1 Å². The second-order valence-corrected chi connectivity index (χ2v) is 10.5. The molecule has 1 amide bonds. The van der Waals surface area contributed by atoms with E-state index in [1.807, 2.05) is 24.3 Å². The Morgan fingerprint density at radius 3 is 2.71 bits per heavy atom. The number of carbonyl (C=O) groups is 1. The van der Waals surface area contributed by atoms with E-state index < -0.39 is 0 Å². The summed E-state index contributed by atoms with van der Waals surface area (Å²) in [6.45, 7) is 4.89. The van der Waals surface area contributed by atoms with E-state index in [1.54, 1.807) is 22.7 Å². The first-order valence-corrected chi connectivity index (χ1v) is 13.3. The SMILES string of the molecule is Cl.O=C(CCCSc1ccc(Cl)cc1)N(CCCN1CCOCC1)c1nc2ccc(F)cc2s1. The lowest BCUT2D eigenvalue weighted by Gasteiger charge is -2.27. The number of rotatable bonds is 10. The maximum Gasteiger partial charge on any atom is 0.228 e. The fourth-order valence-electron chi connectivity index (χ4n) is 3.69. The van der Waals surface area contributed by atoms with Gasteiger partial charge in [-0.1, -0.05) is 22.9 Å². The number of fused-ring (bicyclic) bond motifs is 1. The fraction of sp³-hybridized carbons (Fsp3) is 0.417. The van der Waals surface area contributed by atoms with Gasteiger partial charge in [0.25, 0.3) is 0 Å². The topological polar surface area (TPSA) is 45.7 Å². The number of thiazole rings is 1. The van der Waals surface area contributed by atoms with Crippen LogP contribution in [0.4, 0.5) is 9.52 Å². The summed E-state index contributed by atoms with van der Waals surface area (Å²) in [6.07, 6.45) is 2.07. The lowest BCUT2D eigenvalue weighted by atomic mass is 10.2. The molecule has 3 aromatic rings. The molecule has 0 radical (unpaired) electrons. The average molecular weight is 545 g/mol. The van der Waals surface area contributed by atoms with Crippen molar-refractivity contribution in [3.8, 4) is 0 Å². The standard InChI is InChI=1S/C24H27ClFN3O2S2.ClH/c25-18-4-7-20(8-5-18)32-16-1-3-23(30)29(11-2-10-28-12-14-31-15-13-28)24-27-21-9-6-19(26)17-22(21)33-24;/h4-9,17H,1-3,10-16H2;1H. The van der Waals surface area contributed by atoms with Crippen molar-refractivity contribution in [1.82, 2.24) is 9.88 Å². The lowest BCUT2D eigenvalue weighted by Crippen LogP contribution is -2.39. The van der Waals surface area contributed by atoms with Crippen molar-refractivity contribution in [1.29, 1.82) is 0 Å². The minimum Gasteiger partial charge on any atom is -0.379 e. The number of aromatic nitrogens is 1. The normalized spacial score (nSPS) is 14.2. The summed E-state index contributed by atoms with van der Waals surface area (Å²) in [5.41, 5.74) is 0.723. The Morgan fingerprint density at radius 2 is 1.94 bits per heavy atom. The van der Waals surface area contributed by atoms with Gasteiger partial charge in [0.2, 0.25) is 5.91 Å².